The van der Waals surface area contributed by atoms with E-state index in [0.29, 0.717) is 0 Å². The molecule has 0 amide bonds. The van der Waals surface area contributed by atoms with Gasteiger partial charge in [-0.25, -0.2) is 4.98 Å². The number of rotatable bonds is 8. The summed E-state index contributed by atoms with van der Waals surface area (Å²) in [6.45, 7) is 10.6. The number of morpholine rings is 1. The molecule has 0 atom stereocenters. The van der Waals surface area contributed by atoms with E-state index in [1.165, 1.54) is 11.1 Å². The maximum absolute atomic E-state index is 5.41. The first-order valence-corrected chi connectivity index (χ1v) is 11.2. The van der Waals surface area contributed by atoms with Crippen molar-refractivity contribution in [3.8, 4) is 10.6 Å². The van der Waals surface area contributed by atoms with Gasteiger partial charge < -0.3 is 10.1 Å². The number of hydrogen-bond acceptors (Lipinski definition) is 6. The van der Waals surface area contributed by atoms with Crippen LogP contribution in [0, 0.1) is 6.92 Å². The van der Waals surface area contributed by atoms with Crippen molar-refractivity contribution in [1.82, 2.24) is 19.7 Å². The second-order valence-corrected chi connectivity index (χ2v) is 8.37. The van der Waals surface area contributed by atoms with Crippen LogP contribution in [0.3, 0.4) is 0 Å². The quantitative estimate of drug-likeness (QED) is 0.611. The SMILES string of the molecule is CCc1ccc(CNc2nc(C)c(-c3ccn(CCN4CCOCC4)n3)s2)cc1. The summed E-state index contributed by atoms with van der Waals surface area (Å²) in [5, 5.41) is 9.18. The minimum Gasteiger partial charge on any atom is -0.379 e. The van der Waals surface area contributed by atoms with E-state index in [-0.39, 0.29) is 0 Å². The summed E-state index contributed by atoms with van der Waals surface area (Å²) in [6.07, 6.45) is 3.14. The summed E-state index contributed by atoms with van der Waals surface area (Å²) in [6, 6.07) is 10.8. The number of benzene rings is 1. The number of nitrogens with zero attached hydrogens (tertiary/aromatic N) is 4. The Hall–Kier alpha value is -2.22. The third-order valence-corrected chi connectivity index (χ3v) is 6.43. The molecule has 1 aliphatic rings. The van der Waals surface area contributed by atoms with E-state index >= 15 is 0 Å². The van der Waals surface area contributed by atoms with Gasteiger partial charge >= 0.3 is 0 Å². The van der Waals surface area contributed by atoms with E-state index < -0.39 is 0 Å². The van der Waals surface area contributed by atoms with Crippen molar-refractivity contribution in [2.24, 2.45) is 0 Å². The predicted octanol–water partition coefficient (Wildman–Crippen LogP) is 3.82. The van der Waals surface area contributed by atoms with E-state index in [9.17, 15) is 0 Å². The standard InChI is InChI=1S/C22H29N5OS/c1-3-18-4-6-19(7-5-18)16-23-22-24-17(2)21(29-22)20-8-9-27(25-20)11-10-26-12-14-28-15-13-26/h4-9H,3,10-16H2,1-2H3,(H,23,24). The van der Waals surface area contributed by atoms with Gasteiger partial charge in [-0.3, -0.25) is 9.58 Å². The van der Waals surface area contributed by atoms with Gasteiger partial charge in [0.2, 0.25) is 0 Å². The molecule has 154 valence electrons. The fourth-order valence-electron chi connectivity index (χ4n) is 3.46. The van der Waals surface area contributed by atoms with Gasteiger partial charge in [0.05, 0.1) is 30.3 Å². The van der Waals surface area contributed by atoms with Gasteiger partial charge in [-0.15, -0.1) is 0 Å². The highest BCUT2D eigenvalue weighted by Crippen LogP contribution is 2.31. The smallest absolute Gasteiger partial charge is 0.183 e. The second-order valence-electron chi connectivity index (χ2n) is 7.38. The van der Waals surface area contributed by atoms with Crippen LogP contribution in [0.5, 0.6) is 0 Å². The van der Waals surface area contributed by atoms with Gasteiger partial charge in [0.15, 0.2) is 5.13 Å². The molecule has 3 heterocycles. The van der Waals surface area contributed by atoms with Gasteiger partial charge in [0.25, 0.3) is 0 Å². The van der Waals surface area contributed by atoms with E-state index in [1.54, 1.807) is 11.3 Å². The Kier molecular flexibility index (Phi) is 6.59. The minimum atomic E-state index is 0.782. The molecule has 1 saturated heterocycles. The van der Waals surface area contributed by atoms with Crippen LogP contribution < -0.4 is 5.32 Å². The average Bonchev–Trinajstić information content (AvgIpc) is 3.38. The third-order valence-electron chi connectivity index (χ3n) is 5.29. The zero-order chi connectivity index (χ0) is 20.1. The molecular formula is C22H29N5OS. The highest BCUT2D eigenvalue weighted by atomic mass is 32.1. The van der Waals surface area contributed by atoms with E-state index in [4.69, 9.17) is 14.8 Å². The molecule has 0 spiro atoms. The summed E-state index contributed by atoms with van der Waals surface area (Å²) < 4.78 is 7.45. The predicted molar refractivity (Wildman–Crippen MR) is 118 cm³/mol. The van der Waals surface area contributed by atoms with Crippen molar-refractivity contribution in [3.63, 3.8) is 0 Å². The molecule has 6 nitrogen and oxygen atoms in total. The molecule has 0 radical (unpaired) electrons. The van der Waals surface area contributed by atoms with E-state index in [0.717, 1.165) is 73.8 Å². The van der Waals surface area contributed by atoms with Crippen LogP contribution in [0.25, 0.3) is 10.6 Å². The van der Waals surface area contributed by atoms with Gasteiger partial charge in [0, 0.05) is 32.4 Å². The molecule has 1 N–H and O–H groups in total. The van der Waals surface area contributed by atoms with Crippen LogP contribution in [0.4, 0.5) is 5.13 Å². The molecule has 4 rings (SSSR count). The average molecular weight is 412 g/mol. The lowest BCUT2D eigenvalue weighted by Gasteiger charge is -2.26. The molecular weight excluding hydrogens is 382 g/mol. The van der Waals surface area contributed by atoms with Gasteiger partial charge in [-0.1, -0.05) is 42.5 Å². The third kappa shape index (κ3) is 5.23. The summed E-state index contributed by atoms with van der Waals surface area (Å²) in [5.74, 6) is 0. The largest absolute Gasteiger partial charge is 0.379 e. The molecule has 0 aliphatic carbocycles. The van der Waals surface area contributed by atoms with Gasteiger partial charge in [-0.05, 0) is 30.5 Å². The zero-order valence-corrected chi connectivity index (χ0v) is 18.0. The van der Waals surface area contributed by atoms with Crippen molar-refractivity contribution in [2.45, 2.75) is 33.4 Å². The molecule has 3 aromatic rings. The molecule has 0 unspecified atom stereocenters. The topological polar surface area (TPSA) is 55.2 Å². The van der Waals surface area contributed by atoms with E-state index in [2.05, 4.69) is 60.6 Å². The molecule has 1 aliphatic heterocycles. The van der Waals surface area contributed by atoms with Crippen molar-refractivity contribution < 1.29 is 4.74 Å². The van der Waals surface area contributed by atoms with Crippen LogP contribution >= 0.6 is 11.3 Å². The molecule has 7 heteroatoms. The number of aromatic nitrogens is 3. The number of nitrogens with one attached hydrogen (secondary N) is 1. The Morgan fingerprint density at radius 2 is 1.83 bits per heavy atom. The first-order chi connectivity index (χ1) is 14.2. The summed E-state index contributed by atoms with van der Waals surface area (Å²) >= 11 is 1.67. The lowest BCUT2D eigenvalue weighted by molar-refractivity contribution is 0.0360. The zero-order valence-electron chi connectivity index (χ0n) is 17.2. The molecule has 29 heavy (non-hydrogen) atoms. The van der Waals surface area contributed by atoms with Crippen LogP contribution in [0.2, 0.25) is 0 Å². The molecule has 0 bridgehead atoms. The van der Waals surface area contributed by atoms with Gasteiger partial charge in [0.1, 0.15) is 5.69 Å². The van der Waals surface area contributed by atoms with Crippen molar-refractivity contribution >= 4 is 16.5 Å². The monoisotopic (exact) mass is 411 g/mol. The second kappa shape index (κ2) is 9.52. The number of anilines is 1. The maximum atomic E-state index is 5.41. The Balaban J connectivity index is 1.35. The lowest BCUT2D eigenvalue weighted by Crippen LogP contribution is -2.38. The first-order valence-electron chi connectivity index (χ1n) is 10.3. The highest BCUT2D eigenvalue weighted by molar-refractivity contribution is 7.19. The Morgan fingerprint density at radius 3 is 2.59 bits per heavy atom. The normalized spacial score (nSPS) is 15.0. The van der Waals surface area contributed by atoms with Crippen LogP contribution in [0.15, 0.2) is 36.5 Å². The summed E-state index contributed by atoms with van der Waals surface area (Å²) in [5.41, 5.74) is 4.66. The Morgan fingerprint density at radius 1 is 1.07 bits per heavy atom. The number of thiazole rings is 1. The minimum absolute atomic E-state index is 0.782. The number of hydrogen-bond donors (Lipinski definition) is 1. The van der Waals surface area contributed by atoms with E-state index in [1.807, 2.05) is 4.68 Å². The lowest BCUT2D eigenvalue weighted by atomic mass is 10.1. The van der Waals surface area contributed by atoms with Crippen LogP contribution in [-0.2, 0) is 24.2 Å². The van der Waals surface area contributed by atoms with Crippen molar-refractivity contribution in [3.05, 3.63) is 53.3 Å². The number of ether oxygens (including phenoxy) is 1. The molecule has 1 fully saturated rings. The van der Waals surface area contributed by atoms with Crippen LogP contribution in [0.1, 0.15) is 23.7 Å². The van der Waals surface area contributed by atoms with Crippen LogP contribution in [-0.4, -0.2) is 52.5 Å². The fraction of sp³-hybridized carbons (Fsp3) is 0.455. The molecule has 0 saturated carbocycles. The maximum Gasteiger partial charge on any atom is 0.183 e. The summed E-state index contributed by atoms with van der Waals surface area (Å²) in [4.78, 5) is 8.27. The Labute approximate surface area is 176 Å². The van der Waals surface area contributed by atoms with Gasteiger partial charge in [-0.2, -0.15) is 5.10 Å². The van der Waals surface area contributed by atoms with Crippen molar-refractivity contribution in [2.75, 3.05) is 38.2 Å². The van der Waals surface area contributed by atoms with Crippen molar-refractivity contribution in [1.29, 1.82) is 0 Å². The Bertz CT molecular complexity index is 912. The fourth-order valence-corrected chi connectivity index (χ4v) is 4.38. The first kappa shape index (κ1) is 20.1. The summed E-state index contributed by atoms with van der Waals surface area (Å²) in [7, 11) is 0. The number of aryl methyl sites for hydroxylation is 2. The molecule has 2 aromatic heterocycles. The highest BCUT2D eigenvalue weighted by Gasteiger charge is 2.14. The molecule has 1 aromatic carbocycles.